The molecule has 0 fully saturated rings. The Morgan fingerprint density at radius 1 is 0.654 bits per heavy atom. The lowest BCUT2D eigenvalue weighted by atomic mass is 9.83. The summed E-state index contributed by atoms with van der Waals surface area (Å²) in [5.74, 6) is 0.129. The molecule has 1 unspecified atom stereocenters. The molecule has 0 aliphatic rings. The van der Waals surface area contributed by atoms with Crippen LogP contribution in [-0.4, -0.2) is 28.2 Å². The molecule has 3 heteroatoms. The number of hydrogen-bond donors (Lipinski definition) is 0. The highest BCUT2D eigenvalue weighted by Crippen LogP contribution is 2.41. The van der Waals surface area contributed by atoms with Gasteiger partial charge in [-0.2, -0.15) is 0 Å². The molecular formula is C23H25ClN2. The molecule has 0 saturated heterocycles. The number of halogens is 1. The maximum absolute atomic E-state index is 6.30. The molecule has 3 rings (SSSR count). The minimum Gasteiger partial charge on any atom is -0.377 e. The van der Waals surface area contributed by atoms with Crippen LogP contribution >= 0.6 is 11.6 Å². The Kier molecular flexibility index (Phi) is 5.53. The summed E-state index contributed by atoms with van der Waals surface area (Å²) in [4.78, 5) is 4.31. The molecule has 0 spiro atoms. The molecule has 0 aliphatic heterocycles. The summed E-state index contributed by atoms with van der Waals surface area (Å²) in [7, 11) is 8.31. The molecule has 0 saturated carbocycles. The van der Waals surface area contributed by atoms with E-state index in [2.05, 4.69) is 98.7 Å². The van der Waals surface area contributed by atoms with Crippen LogP contribution in [0.5, 0.6) is 0 Å². The van der Waals surface area contributed by atoms with Gasteiger partial charge in [0.2, 0.25) is 0 Å². The topological polar surface area (TPSA) is 6.48 Å². The first-order valence-electron chi connectivity index (χ1n) is 8.77. The normalized spacial score (nSPS) is 11.9. The van der Waals surface area contributed by atoms with E-state index < -0.39 is 0 Å². The van der Waals surface area contributed by atoms with Crippen LogP contribution in [0.1, 0.15) is 22.6 Å². The monoisotopic (exact) mass is 364 g/mol. The lowest BCUT2D eigenvalue weighted by Gasteiger charge is -2.28. The van der Waals surface area contributed by atoms with Gasteiger partial charge in [0.1, 0.15) is 0 Å². The van der Waals surface area contributed by atoms with Gasteiger partial charge in [-0.05, 0) is 34.9 Å². The summed E-state index contributed by atoms with van der Waals surface area (Å²) >= 11 is 6.30. The zero-order chi connectivity index (χ0) is 18.7. The van der Waals surface area contributed by atoms with Gasteiger partial charge in [-0.1, -0.05) is 66.2 Å². The molecular weight excluding hydrogens is 340 g/mol. The fourth-order valence-corrected chi connectivity index (χ4v) is 3.63. The third-order valence-corrected chi connectivity index (χ3v) is 4.88. The molecule has 0 bridgehead atoms. The molecule has 26 heavy (non-hydrogen) atoms. The van der Waals surface area contributed by atoms with E-state index in [-0.39, 0.29) is 5.92 Å². The summed E-state index contributed by atoms with van der Waals surface area (Å²) in [6.07, 6.45) is 0. The zero-order valence-electron chi connectivity index (χ0n) is 15.8. The number of para-hydroxylation sites is 1. The van der Waals surface area contributed by atoms with Crippen LogP contribution in [0, 0.1) is 0 Å². The second-order valence-electron chi connectivity index (χ2n) is 6.89. The quantitative estimate of drug-likeness (QED) is 0.539. The van der Waals surface area contributed by atoms with Gasteiger partial charge in [0, 0.05) is 50.5 Å². The van der Waals surface area contributed by atoms with Crippen LogP contribution in [0.2, 0.25) is 5.02 Å². The van der Waals surface area contributed by atoms with Crippen molar-refractivity contribution < 1.29 is 0 Å². The summed E-state index contributed by atoms with van der Waals surface area (Å²) in [5, 5.41) is 0.755. The van der Waals surface area contributed by atoms with Crippen molar-refractivity contribution in [3.63, 3.8) is 0 Å². The maximum Gasteiger partial charge on any atom is 0.0426 e. The minimum atomic E-state index is 0.129. The lowest BCUT2D eigenvalue weighted by Crippen LogP contribution is -2.17. The molecule has 0 radical (unpaired) electrons. The van der Waals surface area contributed by atoms with Crippen LogP contribution in [0.15, 0.2) is 72.8 Å². The molecule has 0 heterocycles. The fourth-order valence-electron chi connectivity index (χ4n) is 3.46. The summed E-state index contributed by atoms with van der Waals surface area (Å²) in [6, 6.07) is 25.5. The molecule has 0 aromatic heterocycles. The molecule has 3 aromatic carbocycles. The van der Waals surface area contributed by atoms with Crippen molar-refractivity contribution in [1.29, 1.82) is 0 Å². The van der Waals surface area contributed by atoms with Crippen LogP contribution < -0.4 is 9.80 Å². The molecule has 0 N–H and O–H groups in total. The van der Waals surface area contributed by atoms with Gasteiger partial charge in [-0.25, -0.2) is 0 Å². The van der Waals surface area contributed by atoms with E-state index in [0.29, 0.717) is 0 Å². The largest absolute Gasteiger partial charge is 0.377 e. The first kappa shape index (κ1) is 18.3. The summed E-state index contributed by atoms with van der Waals surface area (Å²) in [6.45, 7) is 0. The SMILES string of the molecule is CN(C)c1ccccc1C(c1ccccc1)c1ccc(Cl)cc1N(C)C. The molecule has 1 atom stereocenters. The molecule has 2 nitrogen and oxygen atoms in total. The number of benzene rings is 3. The van der Waals surface area contributed by atoms with Gasteiger partial charge < -0.3 is 9.80 Å². The highest BCUT2D eigenvalue weighted by Gasteiger charge is 2.23. The highest BCUT2D eigenvalue weighted by molar-refractivity contribution is 6.30. The Balaban J connectivity index is 2.29. The molecule has 134 valence electrons. The summed E-state index contributed by atoms with van der Waals surface area (Å²) < 4.78 is 0. The first-order valence-corrected chi connectivity index (χ1v) is 9.15. The van der Waals surface area contributed by atoms with E-state index in [1.165, 1.54) is 22.4 Å². The van der Waals surface area contributed by atoms with E-state index in [1.54, 1.807) is 0 Å². The van der Waals surface area contributed by atoms with Gasteiger partial charge in [-0.3, -0.25) is 0 Å². The second kappa shape index (κ2) is 7.84. The van der Waals surface area contributed by atoms with Crippen molar-refractivity contribution in [2.45, 2.75) is 5.92 Å². The van der Waals surface area contributed by atoms with E-state index in [1.807, 2.05) is 12.1 Å². The highest BCUT2D eigenvalue weighted by atomic mass is 35.5. The smallest absolute Gasteiger partial charge is 0.0426 e. The number of anilines is 2. The van der Waals surface area contributed by atoms with E-state index in [4.69, 9.17) is 11.6 Å². The standard InChI is InChI=1S/C23H25ClN2/c1-25(2)21-13-9-8-12-19(21)23(17-10-6-5-7-11-17)20-15-14-18(24)16-22(20)26(3)4/h5-16,23H,1-4H3. The van der Waals surface area contributed by atoms with E-state index >= 15 is 0 Å². The minimum absolute atomic E-state index is 0.129. The van der Waals surface area contributed by atoms with Crippen LogP contribution in [0.4, 0.5) is 11.4 Å². The van der Waals surface area contributed by atoms with E-state index in [0.717, 1.165) is 10.7 Å². The average molecular weight is 365 g/mol. The van der Waals surface area contributed by atoms with Crippen molar-refractivity contribution in [2.75, 3.05) is 38.0 Å². The van der Waals surface area contributed by atoms with Crippen molar-refractivity contribution in [1.82, 2.24) is 0 Å². The Hall–Kier alpha value is -2.45. The van der Waals surface area contributed by atoms with Gasteiger partial charge in [0.15, 0.2) is 0 Å². The number of rotatable bonds is 5. The Morgan fingerprint density at radius 2 is 1.23 bits per heavy atom. The van der Waals surface area contributed by atoms with Crippen molar-refractivity contribution in [2.24, 2.45) is 0 Å². The third kappa shape index (κ3) is 3.71. The van der Waals surface area contributed by atoms with Gasteiger partial charge >= 0.3 is 0 Å². The molecule has 3 aromatic rings. The van der Waals surface area contributed by atoms with Gasteiger partial charge in [0.05, 0.1) is 0 Å². The van der Waals surface area contributed by atoms with Crippen LogP contribution in [0.25, 0.3) is 0 Å². The first-order chi connectivity index (χ1) is 12.5. The van der Waals surface area contributed by atoms with Crippen LogP contribution in [0.3, 0.4) is 0 Å². The Bertz CT molecular complexity index is 872. The van der Waals surface area contributed by atoms with Crippen molar-refractivity contribution in [3.8, 4) is 0 Å². The zero-order valence-corrected chi connectivity index (χ0v) is 16.5. The fraction of sp³-hybridized carbons (Fsp3) is 0.217. The molecule has 0 aliphatic carbocycles. The number of nitrogens with zero attached hydrogens (tertiary/aromatic N) is 2. The predicted octanol–water partition coefficient (Wildman–Crippen LogP) is 5.65. The predicted molar refractivity (Wildman–Crippen MR) is 114 cm³/mol. The number of hydrogen-bond acceptors (Lipinski definition) is 2. The average Bonchev–Trinajstić information content (AvgIpc) is 2.64. The Morgan fingerprint density at radius 3 is 1.88 bits per heavy atom. The van der Waals surface area contributed by atoms with Crippen molar-refractivity contribution in [3.05, 3.63) is 94.5 Å². The van der Waals surface area contributed by atoms with Crippen molar-refractivity contribution >= 4 is 23.0 Å². The van der Waals surface area contributed by atoms with Crippen LogP contribution in [-0.2, 0) is 0 Å². The Labute approximate surface area is 161 Å². The van der Waals surface area contributed by atoms with Gasteiger partial charge in [-0.15, -0.1) is 0 Å². The third-order valence-electron chi connectivity index (χ3n) is 4.65. The van der Waals surface area contributed by atoms with E-state index in [9.17, 15) is 0 Å². The summed E-state index contributed by atoms with van der Waals surface area (Å²) in [5.41, 5.74) is 6.17. The lowest BCUT2D eigenvalue weighted by molar-refractivity contribution is 0.944. The molecule has 0 amide bonds. The van der Waals surface area contributed by atoms with Gasteiger partial charge in [0.25, 0.3) is 0 Å². The second-order valence-corrected chi connectivity index (χ2v) is 7.33. The maximum atomic E-state index is 6.30.